The lowest BCUT2D eigenvalue weighted by Gasteiger charge is -2.10. The minimum Gasteiger partial charge on any atom is -0.309 e. The Morgan fingerprint density at radius 3 is 2.15 bits per heavy atom. The lowest BCUT2D eigenvalue weighted by molar-refractivity contribution is 0.590. The predicted octanol–water partition coefficient (Wildman–Crippen LogP) is 4.45. The quantitative estimate of drug-likeness (QED) is 0.584. The van der Waals surface area contributed by atoms with Crippen molar-refractivity contribution in [3.63, 3.8) is 0 Å². The third-order valence-electron chi connectivity index (χ3n) is 1.38. The highest BCUT2D eigenvalue weighted by Gasteiger charge is 2.20. The fraction of sp³-hybridized carbons (Fsp3) is 0.250. The zero-order valence-electron chi connectivity index (χ0n) is 6.82. The summed E-state index contributed by atoms with van der Waals surface area (Å²) in [6.07, 6.45) is -2.46. The van der Waals surface area contributed by atoms with Crippen LogP contribution in [0.5, 0.6) is 0 Å². The van der Waals surface area contributed by atoms with E-state index in [-0.39, 0.29) is 11.2 Å². The number of hydrogen-bond donors (Lipinski definition) is 0. The van der Waals surface area contributed by atoms with Crippen LogP contribution in [0.2, 0.25) is 0 Å². The van der Waals surface area contributed by atoms with Crippen molar-refractivity contribution < 1.29 is 4.57 Å². The smallest absolute Gasteiger partial charge is 0.171 e. The molecule has 0 unspecified atom stereocenters. The fourth-order valence-corrected chi connectivity index (χ4v) is 5.03. The molecule has 1 aromatic carbocycles. The number of benzene rings is 1. The molecule has 1 aromatic rings. The van der Waals surface area contributed by atoms with Crippen LogP contribution in [0.3, 0.4) is 0 Å². The van der Waals surface area contributed by atoms with Crippen LogP contribution in [0.25, 0.3) is 0 Å². The molecule has 0 aliphatic heterocycles. The second kappa shape index (κ2) is 5.31. The van der Waals surface area contributed by atoms with Gasteiger partial charge in [0.25, 0.3) is 0 Å². The van der Waals surface area contributed by atoms with E-state index in [0.717, 1.165) is 4.90 Å². The van der Waals surface area contributed by atoms with Gasteiger partial charge in [0.05, 0.1) is 11.2 Å². The molecular formula is C8H9Cl2OPS. The molecule has 0 aliphatic rings. The van der Waals surface area contributed by atoms with E-state index < -0.39 is 6.34 Å². The van der Waals surface area contributed by atoms with E-state index in [0.29, 0.717) is 0 Å². The van der Waals surface area contributed by atoms with Crippen molar-refractivity contribution in [3.8, 4) is 0 Å². The van der Waals surface area contributed by atoms with Gasteiger partial charge >= 0.3 is 0 Å². The normalized spacial score (nSPS) is 11.5. The molecule has 0 aliphatic carbocycles. The van der Waals surface area contributed by atoms with Crippen LogP contribution < -0.4 is 0 Å². The first kappa shape index (κ1) is 11.5. The maximum Gasteiger partial charge on any atom is 0.171 e. The van der Waals surface area contributed by atoms with Gasteiger partial charge in [0, 0.05) is 4.90 Å². The van der Waals surface area contributed by atoms with Crippen molar-refractivity contribution in [2.45, 2.75) is 4.90 Å². The molecule has 0 fully saturated rings. The Morgan fingerprint density at radius 2 is 1.69 bits per heavy atom. The summed E-state index contributed by atoms with van der Waals surface area (Å²) in [4.78, 5) is 0.951. The van der Waals surface area contributed by atoms with Crippen molar-refractivity contribution in [3.05, 3.63) is 30.3 Å². The molecule has 0 atom stereocenters. The van der Waals surface area contributed by atoms with E-state index in [9.17, 15) is 4.57 Å². The monoisotopic (exact) mass is 254 g/mol. The SMILES string of the molecule is O=P(CCl)(CCl)Sc1ccccc1. The van der Waals surface area contributed by atoms with E-state index in [1.165, 1.54) is 11.4 Å². The van der Waals surface area contributed by atoms with Gasteiger partial charge in [-0.25, -0.2) is 0 Å². The molecule has 0 aromatic heterocycles. The molecule has 0 bridgehead atoms. The Bertz CT molecular complexity index is 296. The number of rotatable bonds is 4. The first-order valence-corrected chi connectivity index (χ1v) is 8.21. The van der Waals surface area contributed by atoms with E-state index >= 15 is 0 Å². The molecule has 0 N–H and O–H groups in total. The first-order chi connectivity index (χ1) is 6.20. The van der Waals surface area contributed by atoms with Crippen LogP contribution in [0.15, 0.2) is 35.2 Å². The second-order valence-corrected chi connectivity index (χ2v) is 9.20. The zero-order valence-corrected chi connectivity index (χ0v) is 10.0. The number of alkyl halides is 2. The summed E-state index contributed by atoms with van der Waals surface area (Å²) in [5.41, 5.74) is 0.242. The van der Waals surface area contributed by atoms with Gasteiger partial charge in [0.2, 0.25) is 0 Å². The lowest BCUT2D eigenvalue weighted by atomic mass is 10.4. The molecule has 5 heteroatoms. The zero-order chi connectivity index (χ0) is 9.73. The second-order valence-electron chi connectivity index (χ2n) is 2.46. The minimum atomic E-state index is -2.46. The number of halogens is 2. The molecule has 1 nitrogen and oxygen atoms in total. The standard InChI is InChI=1S/C8H9Cl2OPS/c9-6-12(11,7-10)13-8-4-2-1-3-5-8/h1-5H,6-7H2. The van der Waals surface area contributed by atoms with Gasteiger partial charge in [-0.1, -0.05) is 29.6 Å². The Balaban J connectivity index is 2.74. The van der Waals surface area contributed by atoms with Crippen LogP contribution >= 0.6 is 40.9 Å². The summed E-state index contributed by atoms with van der Waals surface area (Å²) in [6, 6.07) is 9.51. The Labute approximate surface area is 91.9 Å². The maximum absolute atomic E-state index is 11.8. The highest BCUT2D eigenvalue weighted by molar-refractivity contribution is 8.58. The molecule has 0 radical (unpaired) electrons. The van der Waals surface area contributed by atoms with E-state index in [2.05, 4.69) is 0 Å². The van der Waals surface area contributed by atoms with E-state index in [1.807, 2.05) is 30.3 Å². The van der Waals surface area contributed by atoms with Crippen LogP contribution in [0.4, 0.5) is 0 Å². The highest BCUT2D eigenvalue weighted by atomic mass is 35.5. The summed E-state index contributed by atoms with van der Waals surface area (Å²) >= 11 is 12.5. The highest BCUT2D eigenvalue weighted by Crippen LogP contribution is 2.62. The van der Waals surface area contributed by atoms with Crippen molar-refractivity contribution in [1.82, 2.24) is 0 Å². The summed E-state index contributed by atoms with van der Waals surface area (Å²) in [7, 11) is 0. The van der Waals surface area contributed by atoms with Crippen LogP contribution in [-0.4, -0.2) is 11.2 Å². The third kappa shape index (κ3) is 3.55. The Kier molecular flexibility index (Phi) is 4.68. The molecule has 72 valence electrons. The first-order valence-electron chi connectivity index (χ1n) is 3.65. The van der Waals surface area contributed by atoms with Crippen molar-refractivity contribution in [2.75, 3.05) is 11.2 Å². The van der Waals surface area contributed by atoms with Gasteiger partial charge in [-0.3, -0.25) is 0 Å². The largest absolute Gasteiger partial charge is 0.309 e. The van der Waals surface area contributed by atoms with Gasteiger partial charge in [-0.2, -0.15) is 0 Å². The Morgan fingerprint density at radius 1 is 1.15 bits per heavy atom. The Hall–Kier alpha value is 0.380. The summed E-state index contributed by atoms with van der Waals surface area (Å²) < 4.78 is 11.8. The van der Waals surface area contributed by atoms with Crippen molar-refractivity contribution >= 4 is 40.9 Å². The predicted molar refractivity (Wildman–Crippen MR) is 61.3 cm³/mol. The van der Waals surface area contributed by atoms with E-state index in [1.54, 1.807) is 0 Å². The van der Waals surface area contributed by atoms with Gasteiger partial charge in [0.15, 0.2) is 6.34 Å². The molecule has 0 saturated carbocycles. The lowest BCUT2D eigenvalue weighted by Crippen LogP contribution is -1.79. The van der Waals surface area contributed by atoms with E-state index in [4.69, 9.17) is 23.2 Å². The van der Waals surface area contributed by atoms with Crippen LogP contribution in [-0.2, 0) is 4.57 Å². The molecule has 0 heterocycles. The minimum absolute atomic E-state index is 0.121. The fourth-order valence-electron chi connectivity index (χ4n) is 0.754. The van der Waals surface area contributed by atoms with Gasteiger partial charge < -0.3 is 4.57 Å². The molecule has 0 saturated heterocycles. The van der Waals surface area contributed by atoms with Crippen molar-refractivity contribution in [2.24, 2.45) is 0 Å². The molecule has 0 spiro atoms. The van der Waals surface area contributed by atoms with Gasteiger partial charge in [-0.05, 0) is 12.1 Å². The topological polar surface area (TPSA) is 17.1 Å². The molecular weight excluding hydrogens is 246 g/mol. The van der Waals surface area contributed by atoms with Gasteiger partial charge in [-0.15, -0.1) is 23.2 Å². The average Bonchev–Trinajstić information content (AvgIpc) is 2.19. The van der Waals surface area contributed by atoms with Gasteiger partial charge in [0.1, 0.15) is 0 Å². The molecule has 13 heavy (non-hydrogen) atoms. The summed E-state index contributed by atoms with van der Waals surface area (Å²) in [5, 5.41) is 0. The maximum atomic E-state index is 11.8. The third-order valence-corrected chi connectivity index (χ3v) is 8.50. The molecule has 0 amide bonds. The number of hydrogen-bond acceptors (Lipinski definition) is 2. The van der Waals surface area contributed by atoms with Crippen LogP contribution in [0.1, 0.15) is 0 Å². The summed E-state index contributed by atoms with van der Waals surface area (Å²) in [5.74, 6) is 0. The average molecular weight is 255 g/mol. The summed E-state index contributed by atoms with van der Waals surface area (Å²) in [6.45, 7) is 0. The van der Waals surface area contributed by atoms with Crippen LogP contribution in [0, 0.1) is 0 Å². The molecule has 1 rings (SSSR count). The van der Waals surface area contributed by atoms with Crippen molar-refractivity contribution in [1.29, 1.82) is 0 Å².